The van der Waals surface area contributed by atoms with Crippen molar-refractivity contribution < 1.29 is 4.42 Å². The minimum absolute atomic E-state index is 0.396. The smallest absolute Gasteiger partial charge is 0.266 e. The number of rotatable bonds is 3. The summed E-state index contributed by atoms with van der Waals surface area (Å²) in [6.45, 7) is 0. The molecular weight excluding hydrogens is 286 g/mol. The van der Waals surface area contributed by atoms with Crippen LogP contribution in [0.2, 0.25) is 0 Å². The van der Waals surface area contributed by atoms with E-state index in [0.717, 1.165) is 22.6 Å². The van der Waals surface area contributed by atoms with Gasteiger partial charge in [-0.3, -0.25) is 0 Å². The Morgan fingerprint density at radius 3 is 2.30 bits per heavy atom. The monoisotopic (exact) mass is 299 g/mol. The van der Waals surface area contributed by atoms with Crippen LogP contribution in [-0.4, -0.2) is 11.2 Å². The molecule has 2 nitrogen and oxygen atoms in total. The van der Waals surface area contributed by atoms with E-state index in [1.807, 2.05) is 30.3 Å². The number of hydrogen-bond acceptors (Lipinski definition) is 3. The number of thioether (sulfide) groups is 1. The normalized spacial score (nSPS) is 10.7. The number of nitrogens with one attached hydrogen (secondary N) is 1. The average molecular weight is 299 g/mol. The molecule has 0 amide bonds. The highest BCUT2D eigenvalue weighted by Gasteiger charge is 2.12. The second-order valence-electron chi connectivity index (χ2n) is 4.31. The van der Waals surface area contributed by atoms with Crippen molar-refractivity contribution in [3.05, 3.63) is 59.4 Å². The molecule has 2 aromatic carbocycles. The fourth-order valence-corrected chi connectivity index (χ4v) is 2.68. The zero-order valence-electron chi connectivity index (χ0n) is 10.9. The van der Waals surface area contributed by atoms with Crippen molar-refractivity contribution >= 4 is 24.0 Å². The van der Waals surface area contributed by atoms with E-state index >= 15 is 0 Å². The van der Waals surface area contributed by atoms with Crippen LogP contribution in [0.5, 0.6) is 0 Å². The van der Waals surface area contributed by atoms with E-state index in [4.69, 9.17) is 16.6 Å². The molecule has 0 bridgehead atoms. The Bertz CT molecular complexity index is 757. The lowest BCUT2D eigenvalue weighted by Gasteiger charge is -2.03. The summed E-state index contributed by atoms with van der Waals surface area (Å²) in [5.41, 5.74) is 3.01. The first-order valence-corrected chi connectivity index (χ1v) is 7.84. The first kappa shape index (κ1) is 13.2. The Balaban J connectivity index is 2.12. The molecule has 1 N–H and O–H groups in total. The van der Waals surface area contributed by atoms with E-state index in [2.05, 4.69) is 35.5 Å². The summed E-state index contributed by atoms with van der Waals surface area (Å²) >= 11 is 6.86. The zero-order valence-corrected chi connectivity index (χ0v) is 12.6. The van der Waals surface area contributed by atoms with Gasteiger partial charge in [0.15, 0.2) is 5.76 Å². The summed E-state index contributed by atoms with van der Waals surface area (Å²) in [7, 11) is 0. The SMILES string of the molecule is CSc1ccc(-c2oc(=S)[nH]c2-c2ccccc2)cc1. The van der Waals surface area contributed by atoms with Crippen molar-refractivity contribution in [2.45, 2.75) is 4.90 Å². The highest BCUT2D eigenvalue weighted by atomic mass is 32.2. The third kappa shape index (κ3) is 2.57. The Hall–Kier alpha value is -1.78. The van der Waals surface area contributed by atoms with E-state index in [-0.39, 0.29) is 0 Å². The predicted octanol–water partition coefficient (Wildman–Crippen LogP) is 5.39. The number of aromatic nitrogens is 1. The number of oxazole rings is 1. The van der Waals surface area contributed by atoms with Crippen LogP contribution in [0, 0.1) is 4.84 Å². The van der Waals surface area contributed by atoms with Gasteiger partial charge in [0.05, 0.1) is 5.69 Å². The van der Waals surface area contributed by atoms with Gasteiger partial charge >= 0.3 is 0 Å². The van der Waals surface area contributed by atoms with E-state index < -0.39 is 0 Å². The first-order valence-electron chi connectivity index (χ1n) is 6.21. The van der Waals surface area contributed by atoms with Gasteiger partial charge in [-0.2, -0.15) is 0 Å². The lowest BCUT2D eigenvalue weighted by atomic mass is 10.1. The van der Waals surface area contributed by atoms with Crippen LogP contribution in [-0.2, 0) is 0 Å². The number of H-pyrrole nitrogens is 1. The van der Waals surface area contributed by atoms with E-state index in [9.17, 15) is 0 Å². The zero-order chi connectivity index (χ0) is 13.9. The fraction of sp³-hybridized carbons (Fsp3) is 0.0625. The lowest BCUT2D eigenvalue weighted by molar-refractivity contribution is 0.554. The largest absolute Gasteiger partial charge is 0.429 e. The molecule has 0 aliphatic heterocycles. The minimum atomic E-state index is 0.396. The summed E-state index contributed by atoms with van der Waals surface area (Å²) in [6.07, 6.45) is 2.06. The molecule has 0 radical (unpaired) electrons. The standard InChI is InChI=1S/C16H13NOS2/c1-20-13-9-7-12(8-10-13)15-14(17-16(19)18-15)11-5-3-2-4-6-11/h2-10H,1H3,(H,17,19). The van der Waals surface area contributed by atoms with E-state index in [0.29, 0.717) is 4.84 Å². The first-order chi connectivity index (χ1) is 9.78. The topological polar surface area (TPSA) is 28.9 Å². The number of aromatic amines is 1. The van der Waals surface area contributed by atoms with Gasteiger partial charge in [0.25, 0.3) is 4.84 Å². The molecule has 20 heavy (non-hydrogen) atoms. The van der Waals surface area contributed by atoms with Gasteiger partial charge in [0.1, 0.15) is 0 Å². The quantitative estimate of drug-likeness (QED) is 0.519. The molecule has 100 valence electrons. The number of hydrogen-bond donors (Lipinski definition) is 1. The van der Waals surface area contributed by atoms with Crippen LogP contribution in [0.4, 0.5) is 0 Å². The molecular formula is C16H13NOS2. The van der Waals surface area contributed by atoms with Gasteiger partial charge in [-0.15, -0.1) is 11.8 Å². The summed E-state index contributed by atoms with van der Waals surface area (Å²) in [6, 6.07) is 18.3. The van der Waals surface area contributed by atoms with Gasteiger partial charge in [-0.25, -0.2) is 0 Å². The van der Waals surface area contributed by atoms with Crippen LogP contribution in [0.1, 0.15) is 0 Å². The Morgan fingerprint density at radius 1 is 0.950 bits per heavy atom. The van der Waals surface area contributed by atoms with Crippen molar-refractivity contribution in [2.75, 3.05) is 6.26 Å². The second kappa shape index (κ2) is 5.69. The van der Waals surface area contributed by atoms with E-state index in [1.54, 1.807) is 11.8 Å². The van der Waals surface area contributed by atoms with Crippen molar-refractivity contribution in [1.82, 2.24) is 4.98 Å². The Morgan fingerprint density at radius 2 is 1.65 bits per heavy atom. The Kier molecular flexibility index (Phi) is 3.76. The van der Waals surface area contributed by atoms with Gasteiger partial charge in [0.2, 0.25) is 0 Å². The maximum atomic E-state index is 5.68. The molecule has 0 unspecified atom stereocenters. The molecule has 1 aromatic heterocycles. The highest BCUT2D eigenvalue weighted by molar-refractivity contribution is 7.98. The van der Waals surface area contributed by atoms with Crippen LogP contribution in [0.25, 0.3) is 22.6 Å². The van der Waals surface area contributed by atoms with Crippen molar-refractivity contribution in [1.29, 1.82) is 0 Å². The molecule has 0 aliphatic rings. The summed E-state index contributed by atoms with van der Waals surface area (Å²) < 4.78 is 5.68. The number of benzene rings is 2. The van der Waals surface area contributed by atoms with Gasteiger partial charge in [-0.05, 0) is 30.6 Å². The van der Waals surface area contributed by atoms with Crippen molar-refractivity contribution in [3.8, 4) is 22.6 Å². The van der Waals surface area contributed by atoms with Gasteiger partial charge in [-0.1, -0.05) is 42.5 Å². The summed E-state index contributed by atoms with van der Waals surface area (Å²) in [5, 5.41) is 0. The third-order valence-electron chi connectivity index (χ3n) is 3.06. The van der Waals surface area contributed by atoms with Crippen molar-refractivity contribution in [3.63, 3.8) is 0 Å². The van der Waals surface area contributed by atoms with Crippen LogP contribution >= 0.6 is 24.0 Å². The molecule has 0 atom stereocenters. The molecule has 0 saturated heterocycles. The molecule has 1 heterocycles. The van der Waals surface area contributed by atoms with Gasteiger partial charge < -0.3 is 9.40 Å². The molecule has 3 rings (SSSR count). The third-order valence-corrected chi connectivity index (χ3v) is 3.99. The highest BCUT2D eigenvalue weighted by Crippen LogP contribution is 2.32. The predicted molar refractivity (Wildman–Crippen MR) is 86.5 cm³/mol. The van der Waals surface area contributed by atoms with Crippen LogP contribution < -0.4 is 0 Å². The summed E-state index contributed by atoms with van der Waals surface area (Å²) in [4.78, 5) is 4.75. The minimum Gasteiger partial charge on any atom is -0.429 e. The maximum absolute atomic E-state index is 5.68. The molecule has 0 spiro atoms. The van der Waals surface area contributed by atoms with E-state index in [1.165, 1.54) is 4.90 Å². The molecule has 0 fully saturated rings. The van der Waals surface area contributed by atoms with Crippen LogP contribution in [0.15, 0.2) is 63.9 Å². The second-order valence-corrected chi connectivity index (χ2v) is 5.56. The molecule has 4 heteroatoms. The van der Waals surface area contributed by atoms with Crippen LogP contribution in [0.3, 0.4) is 0 Å². The van der Waals surface area contributed by atoms with Crippen molar-refractivity contribution in [2.24, 2.45) is 0 Å². The van der Waals surface area contributed by atoms with Gasteiger partial charge in [0, 0.05) is 16.0 Å². The fourth-order valence-electron chi connectivity index (χ4n) is 2.08. The molecule has 0 saturated carbocycles. The molecule has 0 aliphatic carbocycles. The summed E-state index contributed by atoms with van der Waals surface area (Å²) in [5.74, 6) is 0.786. The average Bonchev–Trinajstić information content (AvgIpc) is 2.90. The Labute approximate surface area is 126 Å². The molecule has 3 aromatic rings. The maximum Gasteiger partial charge on any atom is 0.266 e. The lowest BCUT2D eigenvalue weighted by Crippen LogP contribution is -1.82.